The molecule has 56 heavy (non-hydrogen) atoms. The summed E-state index contributed by atoms with van der Waals surface area (Å²) < 4.78 is 32.7. The molecule has 0 amide bonds. The van der Waals surface area contributed by atoms with Crippen molar-refractivity contribution < 1.29 is 47.8 Å². The third-order valence-corrected chi connectivity index (χ3v) is 11.1. The number of carbonyl (C=O) groups excluding carboxylic acids is 2. The molecule has 0 aromatic carbocycles. The maximum absolute atomic E-state index is 12.6. The number of ether oxygens (including phenoxy) is 2. The number of aliphatic hydroxyl groups is 2. The van der Waals surface area contributed by atoms with E-state index in [9.17, 15) is 24.2 Å². The minimum absolute atomic E-state index is 0.178. The number of allylic oxidation sites excluding steroid dienone is 2. The Labute approximate surface area is 343 Å². The van der Waals surface area contributed by atoms with Crippen LogP contribution in [0.15, 0.2) is 12.2 Å². The standard InChI is InChI=1S/C45H87O10P/c1-3-5-7-9-11-13-15-17-18-19-20-21-22-23-24-25-27-28-30-32-34-36-44(48)52-40-43(41-54-56(50,51)53-39-42(47)38-46)55-45(49)37-35-33-31-29-26-16-14-12-10-8-6-4-2/h12,14,42-43,46-47H,3-11,13,15-41H2,1-2H3,(H,50,51)/b14-12+/t42-,43+/m1/s1. The molecular weight excluding hydrogens is 731 g/mol. The predicted octanol–water partition coefficient (Wildman–Crippen LogP) is 12.4. The number of phosphoric acid groups is 1. The molecule has 3 N–H and O–H groups in total. The van der Waals surface area contributed by atoms with Crippen LogP contribution in [0.1, 0.15) is 226 Å². The summed E-state index contributed by atoms with van der Waals surface area (Å²) in [5.74, 6) is -0.924. The van der Waals surface area contributed by atoms with Gasteiger partial charge in [-0.1, -0.05) is 187 Å². The van der Waals surface area contributed by atoms with Crippen molar-refractivity contribution in [1.82, 2.24) is 0 Å². The molecule has 0 aromatic rings. The molecule has 1 unspecified atom stereocenters. The van der Waals surface area contributed by atoms with Crippen LogP contribution in [-0.2, 0) is 32.7 Å². The van der Waals surface area contributed by atoms with E-state index in [4.69, 9.17) is 23.6 Å². The summed E-state index contributed by atoms with van der Waals surface area (Å²) in [6, 6.07) is 0. The molecule has 10 nitrogen and oxygen atoms in total. The second-order valence-electron chi connectivity index (χ2n) is 15.8. The Morgan fingerprint density at radius 2 is 0.875 bits per heavy atom. The zero-order valence-electron chi connectivity index (χ0n) is 36.1. The van der Waals surface area contributed by atoms with Crippen molar-refractivity contribution in [2.45, 2.75) is 238 Å². The fourth-order valence-electron chi connectivity index (χ4n) is 6.58. The largest absolute Gasteiger partial charge is 0.472 e. The molecule has 0 saturated carbocycles. The summed E-state index contributed by atoms with van der Waals surface area (Å²) in [5, 5.41) is 18.3. The van der Waals surface area contributed by atoms with E-state index in [-0.39, 0.29) is 19.4 Å². The van der Waals surface area contributed by atoms with E-state index >= 15 is 0 Å². The smallest absolute Gasteiger partial charge is 0.462 e. The minimum atomic E-state index is -4.61. The molecule has 0 aliphatic heterocycles. The number of aliphatic hydroxyl groups excluding tert-OH is 2. The van der Waals surface area contributed by atoms with Gasteiger partial charge in [0.1, 0.15) is 12.7 Å². The second kappa shape index (κ2) is 41.9. The SMILES string of the molecule is CCCCC/C=C/CCCCCCCC(=O)O[C@@H](COC(=O)CCCCCCCCCCCCCCCCCCCCCCC)COP(=O)(O)OC[C@H](O)CO. The fourth-order valence-corrected chi connectivity index (χ4v) is 7.37. The van der Waals surface area contributed by atoms with E-state index < -0.39 is 51.8 Å². The van der Waals surface area contributed by atoms with Crippen LogP contribution in [0.3, 0.4) is 0 Å². The van der Waals surface area contributed by atoms with Crippen LogP contribution in [0, 0.1) is 0 Å². The van der Waals surface area contributed by atoms with Gasteiger partial charge in [0.25, 0.3) is 0 Å². The first-order chi connectivity index (χ1) is 27.2. The number of unbranched alkanes of at least 4 members (excludes halogenated alkanes) is 28. The number of hydrogen-bond donors (Lipinski definition) is 3. The lowest BCUT2D eigenvalue weighted by Gasteiger charge is -2.20. The summed E-state index contributed by atoms with van der Waals surface area (Å²) in [4.78, 5) is 35.0. The molecule has 0 radical (unpaired) electrons. The Kier molecular flexibility index (Phi) is 40.9. The van der Waals surface area contributed by atoms with Crippen LogP contribution in [0.2, 0.25) is 0 Å². The summed E-state index contributed by atoms with van der Waals surface area (Å²) in [5.41, 5.74) is 0. The summed E-state index contributed by atoms with van der Waals surface area (Å²) in [6.45, 7) is 2.38. The Hall–Kier alpha value is -1.29. The molecule has 0 aliphatic rings. The third kappa shape index (κ3) is 40.9. The van der Waals surface area contributed by atoms with Gasteiger partial charge in [0.15, 0.2) is 6.10 Å². The van der Waals surface area contributed by atoms with Gasteiger partial charge in [-0.15, -0.1) is 0 Å². The highest BCUT2D eigenvalue weighted by Gasteiger charge is 2.27. The normalized spacial score (nSPS) is 13.9. The summed E-state index contributed by atoms with van der Waals surface area (Å²) >= 11 is 0. The van der Waals surface area contributed by atoms with Crippen molar-refractivity contribution in [2.75, 3.05) is 26.4 Å². The minimum Gasteiger partial charge on any atom is -0.462 e. The summed E-state index contributed by atoms with van der Waals surface area (Å²) in [6.07, 6.45) is 40.4. The molecule has 0 saturated heterocycles. The number of phosphoric ester groups is 1. The van der Waals surface area contributed by atoms with Gasteiger partial charge in [0, 0.05) is 12.8 Å². The molecule has 0 aromatic heterocycles. The lowest BCUT2D eigenvalue weighted by Crippen LogP contribution is -2.29. The fraction of sp³-hybridized carbons (Fsp3) is 0.911. The van der Waals surface area contributed by atoms with E-state index in [2.05, 4.69) is 26.0 Å². The van der Waals surface area contributed by atoms with Crippen LogP contribution in [-0.4, -0.2) is 65.7 Å². The van der Waals surface area contributed by atoms with E-state index in [0.29, 0.717) is 12.8 Å². The van der Waals surface area contributed by atoms with Crippen molar-refractivity contribution in [3.8, 4) is 0 Å². The highest BCUT2D eigenvalue weighted by molar-refractivity contribution is 7.47. The average molecular weight is 819 g/mol. The monoisotopic (exact) mass is 819 g/mol. The Bertz CT molecular complexity index is 946. The lowest BCUT2D eigenvalue weighted by molar-refractivity contribution is -0.161. The van der Waals surface area contributed by atoms with Crippen molar-refractivity contribution in [1.29, 1.82) is 0 Å². The first-order valence-electron chi connectivity index (χ1n) is 23.1. The van der Waals surface area contributed by atoms with Gasteiger partial charge in [-0.2, -0.15) is 0 Å². The molecule has 0 spiro atoms. The molecular formula is C45H87O10P. The van der Waals surface area contributed by atoms with Crippen LogP contribution >= 0.6 is 7.82 Å². The van der Waals surface area contributed by atoms with Gasteiger partial charge >= 0.3 is 19.8 Å². The van der Waals surface area contributed by atoms with E-state index in [1.807, 2.05) is 0 Å². The van der Waals surface area contributed by atoms with Gasteiger partial charge in [-0.05, 0) is 38.5 Å². The summed E-state index contributed by atoms with van der Waals surface area (Å²) in [7, 11) is -4.61. The maximum Gasteiger partial charge on any atom is 0.472 e. The zero-order chi connectivity index (χ0) is 41.2. The molecule has 0 rings (SSSR count). The maximum atomic E-state index is 12.6. The van der Waals surface area contributed by atoms with Crippen LogP contribution in [0.4, 0.5) is 0 Å². The third-order valence-electron chi connectivity index (χ3n) is 10.2. The average Bonchev–Trinajstić information content (AvgIpc) is 3.19. The Morgan fingerprint density at radius 1 is 0.518 bits per heavy atom. The van der Waals surface area contributed by atoms with Crippen molar-refractivity contribution >= 4 is 19.8 Å². The topological polar surface area (TPSA) is 149 Å². The number of hydrogen-bond acceptors (Lipinski definition) is 9. The molecule has 0 heterocycles. The molecule has 332 valence electrons. The molecule has 11 heteroatoms. The number of carbonyl (C=O) groups is 2. The lowest BCUT2D eigenvalue weighted by atomic mass is 10.0. The second-order valence-corrected chi connectivity index (χ2v) is 17.2. The van der Waals surface area contributed by atoms with Crippen molar-refractivity contribution in [3.05, 3.63) is 12.2 Å². The highest BCUT2D eigenvalue weighted by atomic mass is 31.2. The van der Waals surface area contributed by atoms with Gasteiger partial charge in [0.05, 0.1) is 19.8 Å². The van der Waals surface area contributed by atoms with Crippen molar-refractivity contribution in [2.24, 2.45) is 0 Å². The Balaban J connectivity index is 4.14. The van der Waals surface area contributed by atoms with Gasteiger partial charge in [-0.3, -0.25) is 18.6 Å². The van der Waals surface area contributed by atoms with E-state index in [0.717, 1.165) is 57.8 Å². The zero-order valence-corrected chi connectivity index (χ0v) is 37.0. The highest BCUT2D eigenvalue weighted by Crippen LogP contribution is 2.43. The quantitative estimate of drug-likeness (QED) is 0.0235. The van der Waals surface area contributed by atoms with Crippen LogP contribution in [0.5, 0.6) is 0 Å². The Morgan fingerprint density at radius 3 is 1.32 bits per heavy atom. The molecule has 0 fully saturated rings. The predicted molar refractivity (Wildman–Crippen MR) is 229 cm³/mol. The molecule has 0 bridgehead atoms. The molecule has 3 atom stereocenters. The first-order valence-corrected chi connectivity index (χ1v) is 24.6. The molecule has 0 aliphatic carbocycles. The van der Waals surface area contributed by atoms with Crippen molar-refractivity contribution in [3.63, 3.8) is 0 Å². The van der Waals surface area contributed by atoms with Gasteiger partial charge < -0.3 is 24.6 Å². The number of esters is 2. The van der Waals surface area contributed by atoms with Crippen LogP contribution in [0.25, 0.3) is 0 Å². The van der Waals surface area contributed by atoms with E-state index in [1.54, 1.807) is 0 Å². The van der Waals surface area contributed by atoms with Gasteiger partial charge in [-0.25, -0.2) is 4.57 Å². The van der Waals surface area contributed by atoms with E-state index in [1.165, 1.54) is 128 Å². The first kappa shape index (κ1) is 54.7. The van der Waals surface area contributed by atoms with Crippen LogP contribution < -0.4 is 0 Å². The number of rotatable bonds is 44. The van der Waals surface area contributed by atoms with Gasteiger partial charge in [0.2, 0.25) is 0 Å².